The van der Waals surface area contributed by atoms with Gasteiger partial charge in [0.05, 0.1) is 4.90 Å². The summed E-state index contributed by atoms with van der Waals surface area (Å²) in [6, 6.07) is 10.7. The van der Waals surface area contributed by atoms with E-state index in [2.05, 4.69) is 4.90 Å². The van der Waals surface area contributed by atoms with E-state index in [-0.39, 0.29) is 11.7 Å². The van der Waals surface area contributed by atoms with Crippen molar-refractivity contribution in [2.75, 3.05) is 25.9 Å². The SMILES string of the molecule is CS(=O)(=O)c1ccc2cc(C(=O)C3CCCN(CC4CC4)C3)ccc2c1. The number of piperidine rings is 1. The zero-order valence-electron chi connectivity index (χ0n) is 15.1. The molecule has 2 fully saturated rings. The summed E-state index contributed by atoms with van der Waals surface area (Å²) in [6.07, 6.45) is 5.95. The average molecular weight is 372 g/mol. The minimum atomic E-state index is -3.22. The van der Waals surface area contributed by atoms with Gasteiger partial charge in [-0.25, -0.2) is 8.42 Å². The molecule has 1 aliphatic heterocycles. The fraction of sp³-hybridized carbons (Fsp3) is 0.476. The van der Waals surface area contributed by atoms with Crippen LogP contribution in [0, 0.1) is 11.8 Å². The van der Waals surface area contributed by atoms with Crippen LogP contribution in [0.4, 0.5) is 0 Å². The summed E-state index contributed by atoms with van der Waals surface area (Å²) < 4.78 is 23.4. The third-order valence-electron chi connectivity index (χ3n) is 5.61. The Balaban J connectivity index is 1.54. The maximum Gasteiger partial charge on any atom is 0.175 e. The first-order valence-electron chi connectivity index (χ1n) is 9.40. The first-order valence-corrected chi connectivity index (χ1v) is 11.3. The van der Waals surface area contributed by atoms with Crippen LogP contribution in [0.1, 0.15) is 36.0 Å². The second kappa shape index (κ2) is 6.78. The number of hydrogen-bond acceptors (Lipinski definition) is 4. The predicted octanol–water partition coefficient (Wildman–Crippen LogP) is 3.55. The van der Waals surface area contributed by atoms with Gasteiger partial charge in [-0.1, -0.05) is 18.2 Å². The molecule has 0 spiro atoms. The van der Waals surface area contributed by atoms with Crippen LogP contribution in [0.15, 0.2) is 41.3 Å². The number of likely N-dealkylation sites (tertiary alicyclic amines) is 1. The van der Waals surface area contributed by atoms with Gasteiger partial charge in [0, 0.05) is 30.8 Å². The molecule has 0 bridgehead atoms. The number of benzene rings is 2. The Morgan fingerprint density at radius 1 is 1.08 bits per heavy atom. The zero-order valence-corrected chi connectivity index (χ0v) is 16.0. The highest BCUT2D eigenvalue weighted by Gasteiger charge is 2.30. The quantitative estimate of drug-likeness (QED) is 0.754. The summed E-state index contributed by atoms with van der Waals surface area (Å²) in [5, 5.41) is 1.76. The molecule has 2 aromatic carbocycles. The van der Waals surface area contributed by atoms with Crippen molar-refractivity contribution < 1.29 is 13.2 Å². The van der Waals surface area contributed by atoms with E-state index in [4.69, 9.17) is 0 Å². The molecule has 0 radical (unpaired) electrons. The van der Waals surface area contributed by atoms with Gasteiger partial charge in [0.15, 0.2) is 15.6 Å². The Morgan fingerprint density at radius 3 is 2.54 bits per heavy atom. The molecule has 1 aliphatic carbocycles. The third kappa shape index (κ3) is 3.84. The maximum atomic E-state index is 13.0. The van der Waals surface area contributed by atoms with Gasteiger partial charge in [0.2, 0.25) is 0 Å². The minimum absolute atomic E-state index is 0.0789. The van der Waals surface area contributed by atoms with E-state index < -0.39 is 9.84 Å². The smallest absolute Gasteiger partial charge is 0.175 e. The number of sulfone groups is 1. The van der Waals surface area contributed by atoms with Crippen molar-refractivity contribution in [1.29, 1.82) is 0 Å². The highest BCUT2D eigenvalue weighted by atomic mass is 32.2. The first kappa shape index (κ1) is 17.7. The van der Waals surface area contributed by atoms with Gasteiger partial charge in [-0.05, 0) is 67.1 Å². The van der Waals surface area contributed by atoms with E-state index in [1.807, 2.05) is 18.2 Å². The number of fused-ring (bicyclic) bond motifs is 1. The van der Waals surface area contributed by atoms with Crippen LogP contribution in [-0.4, -0.2) is 45.0 Å². The fourth-order valence-electron chi connectivity index (χ4n) is 3.94. The summed E-state index contributed by atoms with van der Waals surface area (Å²) in [4.78, 5) is 15.8. The second-order valence-electron chi connectivity index (χ2n) is 7.90. The summed E-state index contributed by atoms with van der Waals surface area (Å²) in [6.45, 7) is 3.14. The highest BCUT2D eigenvalue weighted by Crippen LogP contribution is 2.32. The van der Waals surface area contributed by atoms with Gasteiger partial charge >= 0.3 is 0 Å². The monoisotopic (exact) mass is 371 g/mol. The Kier molecular flexibility index (Phi) is 4.61. The predicted molar refractivity (Wildman–Crippen MR) is 103 cm³/mol. The summed E-state index contributed by atoms with van der Waals surface area (Å²) in [7, 11) is -3.22. The summed E-state index contributed by atoms with van der Waals surface area (Å²) in [5.41, 5.74) is 0.739. The lowest BCUT2D eigenvalue weighted by Crippen LogP contribution is -2.39. The molecule has 26 heavy (non-hydrogen) atoms. The molecule has 2 aliphatic rings. The molecule has 2 aromatic rings. The van der Waals surface area contributed by atoms with Crippen molar-refractivity contribution in [3.63, 3.8) is 0 Å². The van der Waals surface area contributed by atoms with Crippen molar-refractivity contribution >= 4 is 26.4 Å². The van der Waals surface area contributed by atoms with E-state index in [1.165, 1.54) is 19.1 Å². The van der Waals surface area contributed by atoms with Crippen LogP contribution in [-0.2, 0) is 9.84 Å². The largest absolute Gasteiger partial charge is 0.302 e. The van der Waals surface area contributed by atoms with E-state index in [9.17, 15) is 13.2 Å². The van der Waals surface area contributed by atoms with Gasteiger partial charge in [-0.3, -0.25) is 4.79 Å². The molecular weight excluding hydrogens is 346 g/mol. The molecule has 4 nitrogen and oxygen atoms in total. The molecule has 0 N–H and O–H groups in total. The van der Waals surface area contributed by atoms with Gasteiger partial charge in [0.25, 0.3) is 0 Å². The van der Waals surface area contributed by atoms with Crippen molar-refractivity contribution in [2.45, 2.75) is 30.6 Å². The van der Waals surface area contributed by atoms with Crippen molar-refractivity contribution in [3.05, 3.63) is 42.0 Å². The molecule has 1 heterocycles. The highest BCUT2D eigenvalue weighted by molar-refractivity contribution is 7.90. The van der Waals surface area contributed by atoms with E-state index in [0.717, 1.165) is 54.7 Å². The number of hydrogen-bond donors (Lipinski definition) is 0. The van der Waals surface area contributed by atoms with Gasteiger partial charge in [-0.2, -0.15) is 0 Å². The molecule has 0 aromatic heterocycles. The molecule has 1 saturated heterocycles. The number of Topliss-reactive ketones (excluding diaryl/α,β-unsaturated/α-hetero) is 1. The number of rotatable bonds is 5. The molecule has 1 saturated carbocycles. The van der Waals surface area contributed by atoms with Crippen molar-refractivity contribution in [3.8, 4) is 0 Å². The summed E-state index contributed by atoms with van der Waals surface area (Å²) in [5.74, 6) is 1.16. The number of ketones is 1. The molecule has 1 atom stereocenters. The molecular formula is C21H25NO3S. The first-order chi connectivity index (χ1) is 12.4. The van der Waals surface area contributed by atoms with Crippen LogP contribution >= 0.6 is 0 Å². The van der Waals surface area contributed by atoms with Crippen LogP contribution in [0.3, 0.4) is 0 Å². The minimum Gasteiger partial charge on any atom is -0.302 e. The number of carbonyl (C=O) groups is 1. The van der Waals surface area contributed by atoms with Crippen molar-refractivity contribution in [1.82, 2.24) is 4.90 Å². The zero-order chi connectivity index (χ0) is 18.3. The standard InChI is InChI=1S/C21H25NO3S/c1-26(24,25)20-9-8-16-11-18(7-6-17(16)12-20)21(23)19-3-2-10-22(14-19)13-15-4-5-15/h6-9,11-12,15,19H,2-5,10,13-14H2,1H3. The fourth-order valence-corrected chi connectivity index (χ4v) is 4.60. The Bertz CT molecular complexity index is 947. The van der Waals surface area contributed by atoms with E-state index in [0.29, 0.717) is 4.90 Å². The summed E-state index contributed by atoms with van der Waals surface area (Å²) >= 11 is 0. The lowest BCUT2D eigenvalue weighted by molar-refractivity contribution is 0.0815. The van der Waals surface area contributed by atoms with Crippen LogP contribution in [0.25, 0.3) is 10.8 Å². The third-order valence-corrected chi connectivity index (χ3v) is 6.72. The Hall–Kier alpha value is -1.72. The second-order valence-corrected chi connectivity index (χ2v) is 9.92. The van der Waals surface area contributed by atoms with Crippen molar-refractivity contribution in [2.24, 2.45) is 11.8 Å². The maximum absolute atomic E-state index is 13.0. The van der Waals surface area contributed by atoms with Gasteiger partial charge in [0.1, 0.15) is 0 Å². The molecule has 0 amide bonds. The molecule has 1 unspecified atom stereocenters. The van der Waals surface area contributed by atoms with Gasteiger partial charge in [-0.15, -0.1) is 0 Å². The molecule has 4 rings (SSSR count). The topological polar surface area (TPSA) is 54.5 Å². The lowest BCUT2D eigenvalue weighted by Gasteiger charge is -2.32. The Morgan fingerprint density at radius 2 is 1.81 bits per heavy atom. The van der Waals surface area contributed by atoms with Crippen LogP contribution < -0.4 is 0 Å². The Labute approximate surface area is 155 Å². The number of carbonyl (C=O) groups excluding carboxylic acids is 1. The van der Waals surface area contributed by atoms with Crippen LogP contribution in [0.2, 0.25) is 0 Å². The van der Waals surface area contributed by atoms with Gasteiger partial charge < -0.3 is 4.90 Å². The van der Waals surface area contributed by atoms with Crippen LogP contribution in [0.5, 0.6) is 0 Å². The lowest BCUT2D eigenvalue weighted by atomic mass is 9.89. The van der Waals surface area contributed by atoms with E-state index >= 15 is 0 Å². The number of nitrogens with zero attached hydrogens (tertiary/aromatic N) is 1. The average Bonchev–Trinajstić information content (AvgIpc) is 3.43. The molecule has 5 heteroatoms. The van der Waals surface area contributed by atoms with E-state index in [1.54, 1.807) is 18.2 Å². The molecule has 138 valence electrons. The normalized spacial score (nSPS) is 21.8.